The molecule has 0 unspecified atom stereocenters. The minimum absolute atomic E-state index is 0.111. The van der Waals surface area contributed by atoms with E-state index >= 15 is 8.78 Å². The lowest BCUT2D eigenvalue weighted by molar-refractivity contribution is -0.235. The average molecular weight is 647 g/mol. The molecule has 5 aliphatic rings. The second-order valence-electron chi connectivity index (χ2n) is 15.1. The number of benzene rings is 2. The molecule has 4 aliphatic carbocycles. The van der Waals surface area contributed by atoms with Crippen LogP contribution < -0.4 is 4.74 Å². The fourth-order valence-electron chi connectivity index (χ4n) is 9.78. The molecule has 1 aliphatic heterocycles. The molecule has 7 rings (SSSR count). The van der Waals surface area contributed by atoms with Crippen molar-refractivity contribution in [2.45, 2.75) is 89.3 Å². The number of Topliss-reactive ketones (excluding diaryl/α,β-unsaturated/α-hetero) is 1. The van der Waals surface area contributed by atoms with Crippen LogP contribution in [0, 0.1) is 28.6 Å². The van der Waals surface area contributed by atoms with Gasteiger partial charge >= 0.3 is 0 Å². The van der Waals surface area contributed by atoms with Gasteiger partial charge in [0.25, 0.3) is 0 Å². The number of fused-ring (bicyclic) bond motifs is 7. The van der Waals surface area contributed by atoms with E-state index in [1.165, 1.54) is 5.56 Å². The first kappa shape index (κ1) is 32.4. The molecule has 47 heavy (non-hydrogen) atoms. The van der Waals surface area contributed by atoms with Gasteiger partial charge < -0.3 is 24.4 Å². The van der Waals surface area contributed by atoms with E-state index in [4.69, 9.17) is 14.2 Å². The van der Waals surface area contributed by atoms with Crippen molar-refractivity contribution >= 4 is 5.78 Å². The Morgan fingerprint density at radius 3 is 2.36 bits per heavy atom. The van der Waals surface area contributed by atoms with Crippen LogP contribution in [-0.2, 0) is 20.7 Å². The van der Waals surface area contributed by atoms with E-state index in [0.29, 0.717) is 28.6 Å². The first-order valence-electron chi connectivity index (χ1n) is 16.7. The minimum atomic E-state index is -2.19. The fourth-order valence-corrected chi connectivity index (χ4v) is 9.78. The summed E-state index contributed by atoms with van der Waals surface area (Å²) in [6.45, 7) is 10.9. The Bertz CT molecular complexity index is 1630. The Morgan fingerprint density at radius 2 is 1.72 bits per heavy atom. The highest BCUT2D eigenvalue weighted by Crippen LogP contribution is 2.72. The predicted molar refractivity (Wildman–Crippen MR) is 173 cm³/mol. The molecule has 3 saturated carbocycles. The number of hydrogen-bond acceptors (Lipinski definition) is 6. The molecule has 0 amide bonds. The monoisotopic (exact) mass is 646 g/mol. The number of halogens is 2. The maximum atomic E-state index is 17.7. The normalized spacial score (nSPS) is 40.4. The third-order valence-electron chi connectivity index (χ3n) is 12.0. The molecule has 1 heterocycles. The number of aliphatic hydroxyl groups is 2. The van der Waals surface area contributed by atoms with Crippen molar-refractivity contribution in [3.8, 4) is 11.5 Å². The predicted octanol–water partition coefficient (Wildman–Crippen LogP) is 7.31. The van der Waals surface area contributed by atoms with Crippen LogP contribution in [0.4, 0.5) is 8.78 Å². The lowest BCUT2D eigenvalue weighted by atomic mass is 9.44. The van der Waals surface area contributed by atoms with Crippen molar-refractivity contribution in [1.29, 1.82) is 0 Å². The Kier molecular flexibility index (Phi) is 7.71. The molecule has 4 fully saturated rings. The van der Waals surface area contributed by atoms with E-state index in [2.05, 4.69) is 32.6 Å². The van der Waals surface area contributed by atoms with Crippen LogP contribution >= 0.6 is 0 Å². The topological polar surface area (TPSA) is 85.2 Å². The molecule has 2 N–H and O–H groups in total. The average Bonchev–Trinajstić information content (AvgIpc) is 3.53. The standard InChI is InChI=1S/C39H44F2O6/c1-22(2)16-24-6-10-26(11-7-24)45-27-12-8-25(9-13-27)35-46-34-19-28-29-18-31(40)30-17-23(3)14-15-36(30,4)38(29,41)32(43)20-37(28,5)39(34,47-35)33(44)21-42/h6-15,17,22,28-29,31-32,34-35,42-43H,3,16,18-21H2,1-2,4-5H3/t28-,29-,31-,32-,34+,35+,36-,37-,38-,39+/m0/s1. The molecule has 2 aromatic carbocycles. The number of aliphatic hydroxyl groups excluding tert-OH is 2. The van der Waals surface area contributed by atoms with E-state index in [-0.39, 0.29) is 24.8 Å². The summed E-state index contributed by atoms with van der Waals surface area (Å²) in [6.07, 6.45) is 1.16. The minimum Gasteiger partial charge on any atom is -0.457 e. The summed E-state index contributed by atoms with van der Waals surface area (Å²) >= 11 is 0. The van der Waals surface area contributed by atoms with Gasteiger partial charge in [-0.3, -0.25) is 4.79 Å². The number of alkyl halides is 2. The zero-order valence-electron chi connectivity index (χ0n) is 27.4. The third-order valence-corrected chi connectivity index (χ3v) is 12.0. The number of carbonyl (C=O) groups excluding carboxylic acids is 1. The first-order chi connectivity index (χ1) is 22.3. The summed E-state index contributed by atoms with van der Waals surface area (Å²) in [5, 5.41) is 22.0. The Balaban J connectivity index is 1.16. The molecular weight excluding hydrogens is 602 g/mol. The van der Waals surface area contributed by atoms with Crippen molar-refractivity contribution < 1.29 is 38.0 Å². The van der Waals surface area contributed by atoms with Gasteiger partial charge in [0, 0.05) is 22.3 Å². The Hall–Kier alpha value is -3.17. The van der Waals surface area contributed by atoms with E-state index in [1.807, 2.05) is 19.1 Å². The quantitative estimate of drug-likeness (QED) is 0.328. The smallest absolute Gasteiger partial charge is 0.193 e. The van der Waals surface area contributed by atoms with E-state index < -0.39 is 71.0 Å². The van der Waals surface area contributed by atoms with Gasteiger partial charge in [-0.25, -0.2) is 8.78 Å². The summed E-state index contributed by atoms with van der Waals surface area (Å²) in [7, 11) is 0. The molecule has 2 aromatic rings. The number of rotatable bonds is 7. The number of hydrogen-bond donors (Lipinski definition) is 2. The first-order valence-corrected chi connectivity index (χ1v) is 16.7. The molecule has 0 aromatic heterocycles. The van der Waals surface area contributed by atoms with Gasteiger partial charge in [0.15, 0.2) is 23.3 Å². The molecule has 0 spiro atoms. The van der Waals surface area contributed by atoms with E-state index in [9.17, 15) is 15.0 Å². The van der Waals surface area contributed by atoms with Gasteiger partial charge in [-0.05, 0) is 85.4 Å². The second-order valence-corrected chi connectivity index (χ2v) is 15.1. The highest BCUT2D eigenvalue weighted by molar-refractivity contribution is 5.91. The van der Waals surface area contributed by atoms with Gasteiger partial charge in [-0.2, -0.15) is 0 Å². The van der Waals surface area contributed by atoms with E-state index in [1.54, 1.807) is 49.4 Å². The van der Waals surface area contributed by atoms with Crippen LogP contribution in [0.5, 0.6) is 11.5 Å². The summed E-state index contributed by atoms with van der Waals surface area (Å²) in [5.41, 5.74) is -3.58. The van der Waals surface area contributed by atoms with Crippen LogP contribution in [-0.4, -0.2) is 52.3 Å². The highest BCUT2D eigenvalue weighted by atomic mass is 19.1. The molecule has 0 radical (unpaired) electrons. The molecule has 6 nitrogen and oxygen atoms in total. The Labute approximate surface area is 275 Å². The highest BCUT2D eigenvalue weighted by Gasteiger charge is 2.80. The van der Waals surface area contributed by atoms with Crippen LogP contribution in [0.15, 0.2) is 84.5 Å². The van der Waals surface area contributed by atoms with Gasteiger partial charge in [-0.1, -0.05) is 69.8 Å². The molecule has 1 saturated heterocycles. The summed E-state index contributed by atoms with van der Waals surface area (Å²) < 4.78 is 52.7. The number of ketones is 1. The fraction of sp³-hybridized carbons (Fsp3) is 0.513. The van der Waals surface area contributed by atoms with Crippen molar-refractivity contribution in [1.82, 2.24) is 0 Å². The number of carbonyl (C=O) groups is 1. The SMILES string of the molecule is C=C1C=C[C@@]2(C)C(=C1)[C@@H](F)C[C@H]1[C@@H]3C[C@H]4O[C@@H](c5ccc(Oc6ccc(CC(C)C)cc6)cc5)O[C@@]4(C(=O)CO)[C@@]3(C)C[C@H](O)[C@@]12F. The zero-order chi connectivity index (χ0) is 33.5. The van der Waals surface area contributed by atoms with Gasteiger partial charge in [0.2, 0.25) is 0 Å². The molecule has 10 atom stereocenters. The second kappa shape index (κ2) is 11.2. The largest absolute Gasteiger partial charge is 0.457 e. The lowest BCUT2D eigenvalue weighted by Crippen LogP contribution is -2.70. The number of ether oxygens (including phenoxy) is 3. The summed E-state index contributed by atoms with van der Waals surface area (Å²) in [5.74, 6) is -0.152. The molecular formula is C39H44F2O6. The van der Waals surface area contributed by atoms with Crippen molar-refractivity contribution in [2.24, 2.45) is 28.6 Å². The van der Waals surface area contributed by atoms with Gasteiger partial charge in [0.05, 0.1) is 12.2 Å². The van der Waals surface area contributed by atoms with E-state index in [0.717, 1.165) is 6.42 Å². The number of allylic oxidation sites excluding steroid dienone is 5. The Morgan fingerprint density at radius 1 is 1.06 bits per heavy atom. The van der Waals surface area contributed by atoms with Gasteiger partial charge in [-0.15, -0.1) is 0 Å². The lowest BCUT2D eigenvalue weighted by Gasteiger charge is -2.63. The molecule has 0 bridgehead atoms. The third kappa shape index (κ3) is 4.58. The summed E-state index contributed by atoms with van der Waals surface area (Å²) in [6, 6.07) is 15.2. The van der Waals surface area contributed by atoms with Crippen LogP contribution in [0.2, 0.25) is 0 Å². The van der Waals surface area contributed by atoms with Crippen molar-refractivity contribution in [3.05, 3.63) is 95.6 Å². The van der Waals surface area contributed by atoms with Crippen molar-refractivity contribution in [3.63, 3.8) is 0 Å². The maximum absolute atomic E-state index is 17.7. The van der Waals surface area contributed by atoms with Crippen LogP contribution in [0.25, 0.3) is 0 Å². The molecule has 8 heteroatoms. The maximum Gasteiger partial charge on any atom is 0.193 e. The van der Waals surface area contributed by atoms with Crippen LogP contribution in [0.3, 0.4) is 0 Å². The summed E-state index contributed by atoms with van der Waals surface area (Å²) in [4.78, 5) is 13.8. The van der Waals surface area contributed by atoms with Crippen LogP contribution in [0.1, 0.15) is 64.4 Å². The van der Waals surface area contributed by atoms with Gasteiger partial charge in [0.1, 0.15) is 24.3 Å². The zero-order valence-corrected chi connectivity index (χ0v) is 27.4. The van der Waals surface area contributed by atoms with Crippen molar-refractivity contribution in [2.75, 3.05) is 6.61 Å². The molecule has 250 valence electrons.